The third-order valence-electron chi connectivity index (χ3n) is 4.24. The molecule has 0 fully saturated rings. The van der Waals surface area contributed by atoms with Crippen molar-refractivity contribution in [3.8, 4) is 5.69 Å². The van der Waals surface area contributed by atoms with Crippen molar-refractivity contribution in [1.29, 1.82) is 0 Å². The van der Waals surface area contributed by atoms with Gasteiger partial charge in [-0.25, -0.2) is 4.68 Å². The number of para-hydroxylation sites is 1. The molecule has 0 N–H and O–H groups in total. The summed E-state index contributed by atoms with van der Waals surface area (Å²) in [6.45, 7) is 7.68. The zero-order valence-electron chi connectivity index (χ0n) is 13.4. The van der Waals surface area contributed by atoms with Gasteiger partial charge in [-0.3, -0.25) is 0 Å². The van der Waals surface area contributed by atoms with Crippen LogP contribution in [0, 0.1) is 0 Å². The average Bonchev–Trinajstić information content (AvgIpc) is 2.95. The highest BCUT2D eigenvalue weighted by atomic mass is 15.3. The number of hydrogen-bond acceptors (Lipinski definition) is 2. The molecular formula is C19H23N3. The van der Waals surface area contributed by atoms with Gasteiger partial charge in [-0.1, -0.05) is 50.2 Å². The molecule has 0 aliphatic carbocycles. The summed E-state index contributed by atoms with van der Waals surface area (Å²) in [5.74, 6) is 0. The number of likely N-dealkylation sites (N-methyl/N-ethyl adjacent to an activating group) is 1. The van der Waals surface area contributed by atoms with Crippen molar-refractivity contribution < 1.29 is 0 Å². The lowest BCUT2D eigenvalue weighted by Gasteiger charge is -2.18. The SMILES string of the molecule is CCN(CC)CCc1c2ccccc2nn1-c1ccccc1. The quantitative estimate of drug-likeness (QED) is 0.687. The fourth-order valence-corrected chi connectivity index (χ4v) is 2.91. The first-order valence-electron chi connectivity index (χ1n) is 8.08. The van der Waals surface area contributed by atoms with Crippen molar-refractivity contribution in [2.45, 2.75) is 20.3 Å². The highest BCUT2D eigenvalue weighted by Crippen LogP contribution is 2.22. The van der Waals surface area contributed by atoms with E-state index in [1.165, 1.54) is 11.1 Å². The summed E-state index contributed by atoms with van der Waals surface area (Å²) in [5, 5.41) is 6.07. The number of benzene rings is 2. The largest absolute Gasteiger partial charge is 0.303 e. The lowest BCUT2D eigenvalue weighted by molar-refractivity contribution is 0.306. The van der Waals surface area contributed by atoms with E-state index in [2.05, 4.69) is 72.0 Å². The standard InChI is InChI=1S/C19H23N3/c1-3-21(4-2)15-14-19-17-12-8-9-13-18(17)20-22(19)16-10-6-5-7-11-16/h5-13H,3-4,14-15H2,1-2H3. The topological polar surface area (TPSA) is 21.1 Å². The van der Waals surface area contributed by atoms with Crippen LogP contribution in [0.3, 0.4) is 0 Å². The van der Waals surface area contributed by atoms with Crippen LogP contribution in [0.2, 0.25) is 0 Å². The van der Waals surface area contributed by atoms with E-state index in [0.717, 1.165) is 37.3 Å². The van der Waals surface area contributed by atoms with E-state index in [0.29, 0.717) is 0 Å². The Labute approximate surface area is 132 Å². The molecule has 0 spiro atoms. The zero-order chi connectivity index (χ0) is 15.4. The van der Waals surface area contributed by atoms with Gasteiger partial charge in [0.15, 0.2) is 0 Å². The molecule has 3 nitrogen and oxygen atoms in total. The van der Waals surface area contributed by atoms with Crippen LogP contribution in [-0.2, 0) is 6.42 Å². The lowest BCUT2D eigenvalue weighted by atomic mass is 10.1. The Morgan fingerprint density at radius 2 is 1.59 bits per heavy atom. The third kappa shape index (κ3) is 2.90. The number of fused-ring (bicyclic) bond motifs is 1. The van der Waals surface area contributed by atoms with Gasteiger partial charge in [0.25, 0.3) is 0 Å². The highest BCUT2D eigenvalue weighted by molar-refractivity contribution is 5.82. The molecule has 3 aromatic rings. The molecule has 1 aromatic heterocycles. The Hall–Kier alpha value is -2.13. The van der Waals surface area contributed by atoms with Crippen molar-refractivity contribution in [3.63, 3.8) is 0 Å². The Morgan fingerprint density at radius 3 is 2.32 bits per heavy atom. The molecule has 0 saturated heterocycles. The molecule has 22 heavy (non-hydrogen) atoms. The maximum Gasteiger partial charge on any atom is 0.0930 e. The maximum absolute atomic E-state index is 4.81. The Kier molecular flexibility index (Phi) is 4.54. The second-order valence-corrected chi connectivity index (χ2v) is 5.49. The molecule has 2 aromatic carbocycles. The predicted molar refractivity (Wildman–Crippen MR) is 92.6 cm³/mol. The predicted octanol–water partition coefficient (Wildman–Crippen LogP) is 3.91. The third-order valence-corrected chi connectivity index (χ3v) is 4.24. The van der Waals surface area contributed by atoms with E-state index in [1.807, 2.05) is 6.07 Å². The summed E-state index contributed by atoms with van der Waals surface area (Å²) < 4.78 is 2.11. The second-order valence-electron chi connectivity index (χ2n) is 5.49. The molecule has 1 heterocycles. The summed E-state index contributed by atoms with van der Waals surface area (Å²) in [6.07, 6.45) is 1.01. The van der Waals surface area contributed by atoms with Crippen LogP contribution in [0.5, 0.6) is 0 Å². The first-order valence-corrected chi connectivity index (χ1v) is 8.08. The van der Waals surface area contributed by atoms with Gasteiger partial charge >= 0.3 is 0 Å². The van der Waals surface area contributed by atoms with Crippen molar-refractivity contribution in [1.82, 2.24) is 14.7 Å². The van der Waals surface area contributed by atoms with Crippen LogP contribution in [0.4, 0.5) is 0 Å². The van der Waals surface area contributed by atoms with Crippen LogP contribution in [0.25, 0.3) is 16.6 Å². The Morgan fingerprint density at radius 1 is 0.909 bits per heavy atom. The highest BCUT2D eigenvalue weighted by Gasteiger charge is 2.13. The average molecular weight is 293 g/mol. The molecular weight excluding hydrogens is 270 g/mol. The van der Waals surface area contributed by atoms with Gasteiger partial charge in [0.05, 0.1) is 16.9 Å². The fourth-order valence-electron chi connectivity index (χ4n) is 2.91. The fraction of sp³-hybridized carbons (Fsp3) is 0.316. The number of nitrogens with zero attached hydrogens (tertiary/aromatic N) is 3. The van der Waals surface area contributed by atoms with Gasteiger partial charge in [-0.2, -0.15) is 5.10 Å². The summed E-state index contributed by atoms with van der Waals surface area (Å²) in [7, 11) is 0. The van der Waals surface area contributed by atoms with Gasteiger partial charge in [0.1, 0.15) is 0 Å². The van der Waals surface area contributed by atoms with E-state index in [9.17, 15) is 0 Å². The van der Waals surface area contributed by atoms with Crippen molar-refractivity contribution in [3.05, 3.63) is 60.3 Å². The molecule has 0 saturated carbocycles. The molecule has 0 atom stereocenters. The van der Waals surface area contributed by atoms with Gasteiger partial charge in [-0.15, -0.1) is 0 Å². The zero-order valence-corrected chi connectivity index (χ0v) is 13.4. The van der Waals surface area contributed by atoms with Gasteiger partial charge in [0, 0.05) is 18.4 Å². The first-order chi connectivity index (χ1) is 10.8. The molecule has 0 radical (unpaired) electrons. The molecule has 0 aliphatic heterocycles. The van der Waals surface area contributed by atoms with Crippen LogP contribution < -0.4 is 0 Å². The molecule has 114 valence electrons. The van der Waals surface area contributed by atoms with Crippen molar-refractivity contribution in [2.75, 3.05) is 19.6 Å². The van der Waals surface area contributed by atoms with E-state index < -0.39 is 0 Å². The second kappa shape index (κ2) is 6.75. The Bertz CT molecular complexity index is 727. The van der Waals surface area contributed by atoms with Crippen molar-refractivity contribution in [2.24, 2.45) is 0 Å². The maximum atomic E-state index is 4.81. The minimum absolute atomic E-state index is 1.01. The lowest BCUT2D eigenvalue weighted by Crippen LogP contribution is -2.26. The van der Waals surface area contributed by atoms with Gasteiger partial charge in [-0.05, 0) is 31.3 Å². The smallest absolute Gasteiger partial charge is 0.0930 e. The molecule has 0 aliphatic rings. The van der Waals surface area contributed by atoms with Gasteiger partial charge in [0.2, 0.25) is 0 Å². The van der Waals surface area contributed by atoms with E-state index >= 15 is 0 Å². The summed E-state index contributed by atoms with van der Waals surface area (Å²) in [5.41, 5.74) is 3.50. The number of aromatic nitrogens is 2. The summed E-state index contributed by atoms with van der Waals surface area (Å²) in [4.78, 5) is 2.46. The minimum Gasteiger partial charge on any atom is -0.303 e. The monoisotopic (exact) mass is 293 g/mol. The van der Waals surface area contributed by atoms with E-state index in [1.54, 1.807) is 0 Å². The van der Waals surface area contributed by atoms with Crippen molar-refractivity contribution >= 4 is 10.9 Å². The minimum atomic E-state index is 1.01. The van der Waals surface area contributed by atoms with E-state index in [-0.39, 0.29) is 0 Å². The molecule has 3 rings (SSSR count). The summed E-state index contributed by atoms with van der Waals surface area (Å²) in [6, 6.07) is 18.8. The summed E-state index contributed by atoms with van der Waals surface area (Å²) >= 11 is 0. The number of hydrogen-bond donors (Lipinski definition) is 0. The van der Waals surface area contributed by atoms with Crippen LogP contribution in [0.15, 0.2) is 54.6 Å². The number of rotatable bonds is 6. The van der Waals surface area contributed by atoms with Crippen LogP contribution >= 0.6 is 0 Å². The molecule has 0 bridgehead atoms. The molecule has 0 unspecified atom stereocenters. The van der Waals surface area contributed by atoms with Gasteiger partial charge < -0.3 is 4.90 Å². The van der Waals surface area contributed by atoms with Crippen LogP contribution in [0.1, 0.15) is 19.5 Å². The first kappa shape index (κ1) is 14.8. The van der Waals surface area contributed by atoms with Crippen LogP contribution in [-0.4, -0.2) is 34.3 Å². The Balaban J connectivity index is 2.02. The van der Waals surface area contributed by atoms with E-state index in [4.69, 9.17) is 5.10 Å². The molecule has 3 heteroatoms. The molecule has 0 amide bonds. The normalized spacial score (nSPS) is 11.4.